The Labute approximate surface area is 461 Å². The Kier molecular flexibility index (Phi) is 61.1. The van der Waals surface area contributed by atoms with Crippen LogP contribution in [0.25, 0.3) is 0 Å². The molecule has 0 spiro atoms. The van der Waals surface area contributed by atoms with Crippen molar-refractivity contribution in [2.75, 3.05) is 13.2 Å². The fourth-order valence-electron chi connectivity index (χ4n) is 9.87. The average molecular weight is 1040 g/mol. The molecule has 0 aliphatic rings. The van der Waals surface area contributed by atoms with Gasteiger partial charge in [-0.25, -0.2) is 0 Å². The molecule has 0 aliphatic carbocycles. The van der Waals surface area contributed by atoms with Gasteiger partial charge in [-0.05, 0) is 70.6 Å². The monoisotopic (exact) mass is 1040 g/mol. The van der Waals surface area contributed by atoms with Gasteiger partial charge in [0.05, 0.1) is 0 Å². The van der Waals surface area contributed by atoms with Crippen molar-refractivity contribution in [1.82, 2.24) is 0 Å². The van der Waals surface area contributed by atoms with Crippen LogP contribution < -0.4 is 0 Å². The third kappa shape index (κ3) is 60.5. The van der Waals surface area contributed by atoms with Gasteiger partial charge in [0, 0.05) is 19.3 Å². The molecule has 1 atom stereocenters. The van der Waals surface area contributed by atoms with Crippen LogP contribution in [-0.2, 0) is 28.6 Å². The number of carbonyl (C=O) groups is 3. The number of hydrogen-bond donors (Lipinski definition) is 0. The van der Waals surface area contributed by atoms with Crippen LogP contribution in [0.3, 0.4) is 0 Å². The van der Waals surface area contributed by atoms with Gasteiger partial charge in [0.1, 0.15) is 13.2 Å². The van der Waals surface area contributed by atoms with E-state index in [1.165, 1.54) is 238 Å². The summed E-state index contributed by atoms with van der Waals surface area (Å²) in [5.41, 5.74) is 0. The van der Waals surface area contributed by atoms with Crippen molar-refractivity contribution in [3.8, 4) is 0 Å². The number of carbonyl (C=O) groups excluding carboxylic acids is 3. The van der Waals surface area contributed by atoms with Crippen molar-refractivity contribution in [3.05, 3.63) is 36.5 Å². The highest BCUT2D eigenvalue weighted by atomic mass is 16.6. The zero-order chi connectivity index (χ0) is 53.6. The lowest BCUT2D eigenvalue weighted by Gasteiger charge is -2.18. The van der Waals surface area contributed by atoms with Gasteiger partial charge in [-0.3, -0.25) is 14.4 Å². The molecule has 0 bridgehead atoms. The maximum Gasteiger partial charge on any atom is 0.306 e. The predicted molar refractivity (Wildman–Crippen MR) is 321 cm³/mol. The normalized spacial score (nSPS) is 12.2. The van der Waals surface area contributed by atoms with Gasteiger partial charge in [-0.15, -0.1) is 0 Å². The second-order valence-corrected chi connectivity index (χ2v) is 22.4. The summed E-state index contributed by atoms with van der Waals surface area (Å²) in [4.78, 5) is 38.0. The molecule has 6 nitrogen and oxygen atoms in total. The first-order chi connectivity index (χ1) is 36.5. The summed E-state index contributed by atoms with van der Waals surface area (Å²) in [5, 5.41) is 0. The highest BCUT2D eigenvalue weighted by molar-refractivity contribution is 5.71. The van der Waals surface area contributed by atoms with Gasteiger partial charge in [-0.1, -0.05) is 308 Å². The zero-order valence-electron chi connectivity index (χ0n) is 49.9. The minimum absolute atomic E-state index is 0.0736. The largest absolute Gasteiger partial charge is 0.462 e. The van der Waals surface area contributed by atoms with Crippen LogP contribution in [0.5, 0.6) is 0 Å². The van der Waals surface area contributed by atoms with Crippen molar-refractivity contribution in [1.29, 1.82) is 0 Å². The molecule has 0 fully saturated rings. The molecule has 0 heterocycles. The van der Waals surface area contributed by atoms with E-state index < -0.39 is 6.10 Å². The minimum atomic E-state index is -0.774. The van der Waals surface area contributed by atoms with E-state index in [4.69, 9.17) is 14.2 Å². The zero-order valence-corrected chi connectivity index (χ0v) is 49.9. The Morgan fingerprint density at radius 1 is 0.270 bits per heavy atom. The Bertz CT molecular complexity index is 1240. The van der Waals surface area contributed by atoms with E-state index in [-0.39, 0.29) is 31.1 Å². The Hall–Kier alpha value is -2.37. The first-order valence-electron chi connectivity index (χ1n) is 33.0. The van der Waals surface area contributed by atoms with Crippen molar-refractivity contribution in [2.24, 2.45) is 0 Å². The first kappa shape index (κ1) is 71.6. The van der Waals surface area contributed by atoms with Crippen LogP contribution in [0.2, 0.25) is 0 Å². The van der Waals surface area contributed by atoms with Gasteiger partial charge in [0.2, 0.25) is 0 Å². The lowest BCUT2D eigenvalue weighted by Crippen LogP contribution is -2.30. The molecule has 0 N–H and O–H groups in total. The predicted octanol–water partition coefficient (Wildman–Crippen LogP) is 22.4. The number of rotatable bonds is 61. The van der Waals surface area contributed by atoms with E-state index in [2.05, 4.69) is 57.2 Å². The number of hydrogen-bond acceptors (Lipinski definition) is 6. The topological polar surface area (TPSA) is 78.9 Å². The number of allylic oxidation sites excluding steroid dienone is 6. The number of unbranched alkanes of at least 4 members (excludes halogenated alkanes) is 44. The van der Waals surface area contributed by atoms with Crippen molar-refractivity contribution < 1.29 is 28.6 Å². The van der Waals surface area contributed by atoms with Gasteiger partial charge in [0.25, 0.3) is 0 Å². The summed E-state index contributed by atoms with van der Waals surface area (Å²) in [6.45, 7) is 6.59. The van der Waals surface area contributed by atoms with Crippen LogP contribution in [0.1, 0.15) is 361 Å². The minimum Gasteiger partial charge on any atom is -0.462 e. The van der Waals surface area contributed by atoms with Crippen LogP contribution >= 0.6 is 0 Å². The molecular formula is C68H126O6. The second kappa shape index (κ2) is 63.2. The molecule has 74 heavy (non-hydrogen) atoms. The first-order valence-corrected chi connectivity index (χ1v) is 33.0. The van der Waals surface area contributed by atoms with Crippen molar-refractivity contribution in [3.63, 3.8) is 0 Å². The van der Waals surface area contributed by atoms with E-state index in [1.54, 1.807) is 0 Å². The van der Waals surface area contributed by atoms with Crippen molar-refractivity contribution in [2.45, 2.75) is 367 Å². The summed E-state index contributed by atoms with van der Waals surface area (Å²) in [7, 11) is 0. The Morgan fingerprint density at radius 2 is 0.500 bits per heavy atom. The SMILES string of the molecule is CCCC/C=C\C/C=C\CCCCCCCC(=O)OC(COC(=O)CCCCCCCCC)COC(=O)CCCCCCCCCCCCCCCCCCCCCCCCC/C=C\CCCCCCCCCC. The van der Waals surface area contributed by atoms with Crippen LogP contribution in [0.4, 0.5) is 0 Å². The molecule has 0 saturated heterocycles. The second-order valence-electron chi connectivity index (χ2n) is 22.4. The van der Waals surface area contributed by atoms with Gasteiger partial charge < -0.3 is 14.2 Å². The van der Waals surface area contributed by atoms with E-state index in [0.29, 0.717) is 19.3 Å². The lowest BCUT2D eigenvalue weighted by molar-refractivity contribution is -0.167. The summed E-state index contributed by atoms with van der Waals surface area (Å²) in [6, 6.07) is 0. The van der Waals surface area contributed by atoms with E-state index in [9.17, 15) is 14.4 Å². The molecule has 1 unspecified atom stereocenters. The molecule has 0 aromatic rings. The number of esters is 3. The summed E-state index contributed by atoms with van der Waals surface area (Å²) >= 11 is 0. The molecule has 434 valence electrons. The van der Waals surface area contributed by atoms with E-state index in [1.807, 2.05) is 0 Å². The molecule has 0 saturated carbocycles. The highest BCUT2D eigenvalue weighted by Crippen LogP contribution is 2.18. The maximum absolute atomic E-state index is 12.8. The smallest absolute Gasteiger partial charge is 0.306 e. The van der Waals surface area contributed by atoms with E-state index >= 15 is 0 Å². The highest BCUT2D eigenvalue weighted by Gasteiger charge is 2.19. The average Bonchev–Trinajstić information content (AvgIpc) is 3.40. The molecule has 0 aromatic carbocycles. The molecule has 0 aliphatic heterocycles. The van der Waals surface area contributed by atoms with Crippen LogP contribution in [-0.4, -0.2) is 37.2 Å². The van der Waals surface area contributed by atoms with E-state index in [0.717, 1.165) is 83.5 Å². The molecule has 6 heteroatoms. The van der Waals surface area contributed by atoms with Crippen LogP contribution in [0.15, 0.2) is 36.5 Å². The summed E-state index contributed by atoms with van der Waals surface area (Å²) in [5.74, 6) is -0.877. The molecule has 0 radical (unpaired) electrons. The fraction of sp³-hybridized carbons (Fsp3) is 0.868. The number of ether oxygens (including phenoxy) is 3. The quantitative estimate of drug-likeness (QED) is 0.0261. The van der Waals surface area contributed by atoms with Gasteiger partial charge in [0.15, 0.2) is 6.10 Å². The summed E-state index contributed by atoms with van der Waals surface area (Å²) in [6.07, 6.45) is 77.9. The summed E-state index contributed by atoms with van der Waals surface area (Å²) < 4.78 is 16.8. The van der Waals surface area contributed by atoms with Gasteiger partial charge in [-0.2, -0.15) is 0 Å². The van der Waals surface area contributed by atoms with Gasteiger partial charge >= 0.3 is 17.9 Å². The van der Waals surface area contributed by atoms with Crippen LogP contribution in [0, 0.1) is 0 Å². The Morgan fingerprint density at radius 3 is 0.797 bits per heavy atom. The Balaban J connectivity index is 3.90. The third-order valence-electron chi connectivity index (χ3n) is 14.9. The molecule has 0 rings (SSSR count). The molecular weight excluding hydrogens is 913 g/mol. The van der Waals surface area contributed by atoms with Crippen molar-refractivity contribution >= 4 is 17.9 Å². The molecule has 0 amide bonds. The standard InChI is InChI=1S/C68H126O6/c1-4-7-10-13-16-18-20-22-24-25-26-27-28-29-30-31-32-33-34-35-36-37-38-39-40-41-42-43-44-46-47-49-52-55-58-61-67(70)73-64-65(63-72-66(69)60-57-54-51-15-12-9-6-3)74-68(71)62-59-56-53-50-48-45-23-21-19-17-14-11-8-5-2/h14,17,21,23,25-26,65H,4-13,15-16,18-20,22,24,27-64H2,1-3H3/b17-14-,23-21-,26-25-. The maximum atomic E-state index is 12.8. The third-order valence-corrected chi connectivity index (χ3v) is 14.9. The fourth-order valence-corrected chi connectivity index (χ4v) is 9.87. The molecule has 0 aromatic heterocycles. The lowest BCUT2D eigenvalue weighted by atomic mass is 10.0.